The Hall–Kier alpha value is -3.02. The van der Waals surface area contributed by atoms with Crippen LogP contribution >= 0.6 is 0 Å². The summed E-state index contributed by atoms with van der Waals surface area (Å²) in [5, 5.41) is 5.87. The molecule has 0 aliphatic carbocycles. The van der Waals surface area contributed by atoms with Gasteiger partial charge in [-0.25, -0.2) is 4.79 Å². The molecule has 2 saturated heterocycles. The lowest BCUT2D eigenvalue weighted by Crippen LogP contribution is -2.34. The van der Waals surface area contributed by atoms with Crippen LogP contribution in [-0.2, 0) is 0 Å². The van der Waals surface area contributed by atoms with E-state index in [0.717, 1.165) is 74.4 Å². The first-order chi connectivity index (χ1) is 15.0. The maximum Gasteiger partial charge on any atom is 0.323 e. The van der Waals surface area contributed by atoms with Crippen molar-refractivity contribution >= 4 is 29.0 Å². The Morgan fingerprint density at radius 2 is 1.45 bits per heavy atom. The molecule has 4 rings (SSSR count). The minimum atomic E-state index is -0.303. The van der Waals surface area contributed by atoms with Gasteiger partial charge in [-0.3, -0.25) is 4.79 Å². The van der Waals surface area contributed by atoms with E-state index in [9.17, 15) is 9.59 Å². The van der Waals surface area contributed by atoms with Crippen LogP contribution in [0.4, 0.5) is 21.9 Å². The van der Waals surface area contributed by atoms with E-state index in [0.29, 0.717) is 11.3 Å². The second kappa shape index (κ2) is 9.41. The number of aryl methyl sites for hydroxylation is 2. The van der Waals surface area contributed by atoms with Crippen LogP contribution in [-0.4, -0.2) is 43.0 Å². The molecule has 2 fully saturated rings. The van der Waals surface area contributed by atoms with Gasteiger partial charge in [-0.2, -0.15) is 0 Å². The van der Waals surface area contributed by atoms with E-state index in [1.165, 1.54) is 6.42 Å². The number of para-hydroxylation sites is 1. The zero-order valence-corrected chi connectivity index (χ0v) is 18.5. The molecular formula is C25H32N4O2. The number of piperidine rings is 1. The van der Waals surface area contributed by atoms with Gasteiger partial charge in [-0.05, 0) is 75.3 Å². The fourth-order valence-electron chi connectivity index (χ4n) is 4.57. The number of carbonyl (C=O) groups is 2. The molecule has 0 bridgehead atoms. The molecule has 0 unspecified atom stereocenters. The highest BCUT2D eigenvalue weighted by molar-refractivity contribution is 6.04. The van der Waals surface area contributed by atoms with E-state index in [-0.39, 0.29) is 11.9 Å². The summed E-state index contributed by atoms with van der Waals surface area (Å²) in [6, 6.07) is 11.4. The minimum absolute atomic E-state index is 0.0666. The van der Waals surface area contributed by atoms with Crippen LogP contribution in [0.5, 0.6) is 0 Å². The summed E-state index contributed by atoms with van der Waals surface area (Å²) in [6.45, 7) is 7.51. The van der Waals surface area contributed by atoms with Gasteiger partial charge in [0.2, 0.25) is 0 Å². The molecule has 2 aromatic carbocycles. The largest absolute Gasteiger partial charge is 0.371 e. The lowest BCUT2D eigenvalue weighted by atomic mass is 10.1. The van der Waals surface area contributed by atoms with Crippen LogP contribution in [0, 0.1) is 13.8 Å². The third kappa shape index (κ3) is 4.84. The van der Waals surface area contributed by atoms with Crippen LogP contribution in [0.1, 0.15) is 53.6 Å². The van der Waals surface area contributed by atoms with E-state index in [1.807, 2.05) is 55.1 Å². The average Bonchev–Trinajstić information content (AvgIpc) is 3.31. The van der Waals surface area contributed by atoms with Gasteiger partial charge >= 0.3 is 6.03 Å². The van der Waals surface area contributed by atoms with E-state index in [4.69, 9.17) is 0 Å². The number of hydrogen-bond acceptors (Lipinski definition) is 3. The van der Waals surface area contributed by atoms with Gasteiger partial charge in [0.05, 0.1) is 5.56 Å². The Morgan fingerprint density at radius 1 is 0.806 bits per heavy atom. The number of carbonyl (C=O) groups excluding carboxylic acids is 2. The SMILES string of the molecule is Cc1cccc(C)c1NC(=O)Nc1ccc(N2CCCCC2)c(C(=O)N2CCCC2)c1. The van der Waals surface area contributed by atoms with E-state index >= 15 is 0 Å². The number of anilines is 3. The van der Waals surface area contributed by atoms with Gasteiger partial charge in [-0.1, -0.05) is 18.2 Å². The van der Waals surface area contributed by atoms with Gasteiger partial charge in [-0.15, -0.1) is 0 Å². The fraction of sp³-hybridized carbons (Fsp3) is 0.440. The van der Waals surface area contributed by atoms with E-state index < -0.39 is 0 Å². The number of rotatable bonds is 4. The summed E-state index contributed by atoms with van der Waals surface area (Å²) < 4.78 is 0. The van der Waals surface area contributed by atoms with Crippen molar-refractivity contribution in [1.29, 1.82) is 0 Å². The highest BCUT2D eigenvalue weighted by Crippen LogP contribution is 2.29. The van der Waals surface area contributed by atoms with E-state index in [1.54, 1.807) is 0 Å². The second-order valence-corrected chi connectivity index (χ2v) is 8.62. The van der Waals surface area contributed by atoms with Gasteiger partial charge in [0.15, 0.2) is 0 Å². The summed E-state index contributed by atoms with van der Waals surface area (Å²) in [5.41, 5.74) is 5.15. The topological polar surface area (TPSA) is 64.7 Å². The number of likely N-dealkylation sites (tertiary alicyclic amines) is 1. The molecule has 2 aromatic rings. The van der Waals surface area contributed by atoms with Crippen LogP contribution < -0.4 is 15.5 Å². The molecular weight excluding hydrogens is 388 g/mol. The maximum atomic E-state index is 13.3. The van der Waals surface area contributed by atoms with Crippen molar-refractivity contribution in [3.05, 3.63) is 53.1 Å². The summed E-state index contributed by atoms with van der Waals surface area (Å²) in [7, 11) is 0. The maximum absolute atomic E-state index is 13.3. The molecule has 0 aromatic heterocycles. The lowest BCUT2D eigenvalue weighted by molar-refractivity contribution is 0.0793. The van der Waals surface area contributed by atoms with Gasteiger partial charge < -0.3 is 20.4 Å². The number of urea groups is 1. The smallest absolute Gasteiger partial charge is 0.323 e. The fourth-order valence-corrected chi connectivity index (χ4v) is 4.57. The summed E-state index contributed by atoms with van der Waals surface area (Å²) in [4.78, 5) is 30.2. The van der Waals surface area contributed by atoms with E-state index in [2.05, 4.69) is 15.5 Å². The lowest BCUT2D eigenvalue weighted by Gasteiger charge is -2.31. The highest BCUT2D eigenvalue weighted by Gasteiger charge is 2.25. The molecule has 164 valence electrons. The number of nitrogens with one attached hydrogen (secondary N) is 2. The molecule has 2 aliphatic heterocycles. The summed E-state index contributed by atoms with van der Waals surface area (Å²) in [6.07, 6.45) is 5.65. The first kappa shape index (κ1) is 21.2. The predicted molar refractivity (Wildman–Crippen MR) is 126 cm³/mol. The van der Waals surface area contributed by atoms with Crippen molar-refractivity contribution in [1.82, 2.24) is 4.90 Å². The molecule has 0 atom stereocenters. The standard InChI is InChI=1S/C25H32N4O2/c1-18-9-8-10-19(2)23(18)27-25(31)26-20-11-12-22(28-13-4-3-5-14-28)21(17-20)24(30)29-15-6-7-16-29/h8-12,17H,3-7,13-16H2,1-2H3,(H2,26,27,31). The molecule has 2 heterocycles. The van der Waals surface area contributed by atoms with Crippen LogP contribution in [0.25, 0.3) is 0 Å². The summed E-state index contributed by atoms with van der Waals surface area (Å²) in [5.74, 6) is 0.0666. The molecule has 31 heavy (non-hydrogen) atoms. The van der Waals surface area contributed by atoms with Gasteiger partial charge in [0.25, 0.3) is 5.91 Å². The zero-order valence-electron chi connectivity index (χ0n) is 18.5. The second-order valence-electron chi connectivity index (χ2n) is 8.62. The first-order valence-electron chi connectivity index (χ1n) is 11.4. The monoisotopic (exact) mass is 420 g/mol. The molecule has 2 aliphatic rings. The Morgan fingerprint density at radius 3 is 2.13 bits per heavy atom. The Balaban J connectivity index is 1.57. The van der Waals surface area contributed by atoms with Crippen molar-refractivity contribution < 1.29 is 9.59 Å². The van der Waals surface area contributed by atoms with Crippen LogP contribution in [0.2, 0.25) is 0 Å². The average molecular weight is 421 g/mol. The molecule has 2 N–H and O–H groups in total. The molecule has 3 amide bonds. The van der Waals surface area contributed by atoms with Crippen molar-refractivity contribution in [2.75, 3.05) is 41.7 Å². The molecule has 0 radical (unpaired) electrons. The van der Waals surface area contributed by atoms with Crippen molar-refractivity contribution in [2.24, 2.45) is 0 Å². The molecule has 6 heteroatoms. The number of amides is 3. The quantitative estimate of drug-likeness (QED) is 0.717. The molecule has 6 nitrogen and oxygen atoms in total. The van der Waals surface area contributed by atoms with Gasteiger partial charge in [0, 0.05) is 43.2 Å². The first-order valence-corrected chi connectivity index (χ1v) is 11.4. The number of nitrogens with zero attached hydrogens (tertiary/aromatic N) is 2. The van der Waals surface area contributed by atoms with Crippen LogP contribution in [0.15, 0.2) is 36.4 Å². The highest BCUT2D eigenvalue weighted by atomic mass is 16.2. The third-order valence-corrected chi connectivity index (χ3v) is 6.29. The Bertz CT molecular complexity index is 940. The van der Waals surface area contributed by atoms with Crippen molar-refractivity contribution in [3.63, 3.8) is 0 Å². The van der Waals surface area contributed by atoms with Crippen LogP contribution in [0.3, 0.4) is 0 Å². The summed E-state index contributed by atoms with van der Waals surface area (Å²) >= 11 is 0. The predicted octanol–water partition coefficient (Wildman–Crippen LogP) is 5.17. The normalized spacial score (nSPS) is 16.3. The van der Waals surface area contributed by atoms with Crippen molar-refractivity contribution in [2.45, 2.75) is 46.0 Å². The Labute approximate surface area is 184 Å². The Kier molecular flexibility index (Phi) is 6.44. The molecule has 0 spiro atoms. The number of hydrogen-bond donors (Lipinski definition) is 2. The minimum Gasteiger partial charge on any atom is -0.371 e. The molecule has 0 saturated carbocycles. The zero-order chi connectivity index (χ0) is 21.8. The van der Waals surface area contributed by atoms with Crippen molar-refractivity contribution in [3.8, 4) is 0 Å². The van der Waals surface area contributed by atoms with Gasteiger partial charge in [0.1, 0.15) is 0 Å². The third-order valence-electron chi connectivity index (χ3n) is 6.29. The number of benzene rings is 2.